The summed E-state index contributed by atoms with van der Waals surface area (Å²) in [6.45, 7) is 1.97. The Balaban J connectivity index is 1.87. The number of ether oxygens (including phenoxy) is 1. The Morgan fingerprint density at radius 1 is 0.720 bits per heavy atom. The molecule has 3 aromatic carbocycles. The van der Waals surface area contributed by atoms with E-state index in [1.165, 1.54) is 18.2 Å². The second-order valence-electron chi connectivity index (χ2n) is 5.63. The molecule has 0 aliphatic heterocycles. The summed E-state index contributed by atoms with van der Waals surface area (Å²) in [6.07, 6.45) is -4.75. The van der Waals surface area contributed by atoms with Crippen molar-refractivity contribution in [2.75, 3.05) is 0 Å². The summed E-state index contributed by atoms with van der Waals surface area (Å²) in [7, 11) is 0. The molecule has 0 saturated carbocycles. The molecule has 0 N–H and O–H groups in total. The van der Waals surface area contributed by atoms with Crippen LogP contribution in [0.25, 0.3) is 22.3 Å². The third kappa shape index (κ3) is 4.18. The number of benzene rings is 3. The minimum atomic E-state index is -4.75. The quantitative estimate of drug-likeness (QED) is 0.501. The molecule has 3 aromatic rings. The first-order chi connectivity index (χ1) is 11.8. The van der Waals surface area contributed by atoms with E-state index in [-0.39, 0.29) is 5.75 Å². The van der Waals surface area contributed by atoms with Crippen LogP contribution < -0.4 is 4.74 Å². The average molecular weight is 346 g/mol. The zero-order valence-electron chi connectivity index (χ0n) is 13.3. The summed E-state index contributed by atoms with van der Waals surface area (Å²) in [5.41, 5.74) is 3.53. The second-order valence-corrected chi connectivity index (χ2v) is 5.63. The monoisotopic (exact) mass is 346 g/mol. The Labute approximate surface area is 142 Å². The van der Waals surface area contributed by atoms with E-state index in [9.17, 15) is 17.6 Å². The largest absolute Gasteiger partial charge is 0.573 e. The van der Waals surface area contributed by atoms with Crippen LogP contribution in [-0.2, 0) is 0 Å². The smallest absolute Gasteiger partial charge is 0.406 e. The molecule has 1 nitrogen and oxygen atoms in total. The minimum Gasteiger partial charge on any atom is -0.406 e. The predicted molar refractivity (Wildman–Crippen MR) is 88.7 cm³/mol. The highest BCUT2D eigenvalue weighted by Crippen LogP contribution is 2.30. The van der Waals surface area contributed by atoms with Crippen LogP contribution in [0.15, 0.2) is 66.7 Å². The SMILES string of the molecule is Cc1ccc(-c2ccc(-c3ccc(OC(F)(F)F)cc3)c(F)c2)cc1. The van der Waals surface area contributed by atoms with Gasteiger partial charge in [-0.25, -0.2) is 4.39 Å². The summed E-state index contributed by atoms with van der Waals surface area (Å²) >= 11 is 0. The third-order valence-corrected chi connectivity index (χ3v) is 3.75. The molecule has 0 saturated heterocycles. The van der Waals surface area contributed by atoms with Gasteiger partial charge in [-0.05, 0) is 41.8 Å². The van der Waals surface area contributed by atoms with E-state index in [0.29, 0.717) is 11.1 Å². The highest BCUT2D eigenvalue weighted by Gasteiger charge is 2.30. The highest BCUT2D eigenvalue weighted by molar-refractivity contribution is 5.71. The average Bonchev–Trinajstić information content (AvgIpc) is 2.55. The zero-order valence-corrected chi connectivity index (χ0v) is 13.3. The van der Waals surface area contributed by atoms with E-state index in [0.717, 1.165) is 28.8 Å². The van der Waals surface area contributed by atoms with Gasteiger partial charge in [-0.1, -0.05) is 54.1 Å². The lowest BCUT2D eigenvalue weighted by Crippen LogP contribution is -2.16. The number of hydrogen-bond acceptors (Lipinski definition) is 1. The summed E-state index contributed by atoms with van der Waals surface area (Å²) in [4.78, 5) is 0. The van der Waals surface area contributed by atoms with Gasteiger partial charge in [0.2, 0.25) is 0 Å². The van der Waals surface area contributed by atoms with Crippen LogP contribution in [0.1, 0.15) is 5.56 Å². The maximum Gasteiger partial charge on any atom is 0.573 e. The van der Waals surface area contributed by atoms with E-state index in [1.807, 2.05) is 31.2 Å². The Morgan fingerprint density at radius 3 is 1.84 bits per heavy atom. The first-order valence-electron chi connectivity index (χ1n) is 7.54. The van der Waals surface area contributed by atoms with Crippen LogP contribution in [0, 0.1) is 12.7 Å². The molecule has 25 heavy (non-hydrogen) atoms. The minimum absolute atomic E-state index is 0.314. The van der Waals surface area contributed by atoms with Gasteiger partial charge in [-0.15, -0.1) is 13.2 Å². The second kappa shape index (κ2) is 6.59. The van der Waals surface area contributed by atoms with Crippen molar-refractivity contribution < 1.29 is 22.3 Å². The fourth-order valence-electron chi connectivity index (χ4n) is 2.51. The summed E-state index contributed by atoms with van der Waals surface area (Å²) in [6, 6.07) is 17.6. The van der Waals surface area contributed by atoms with Crippen LogP contribution in [0.2, 0.25) is 0 Å². The molecule has 0 aliphatic rings. The van der Waals surface area contributed by atoms with Gasteiger partial charge < -0.3 is 4.74 Å². The maximum atomic E-state index is 14.5. The molecule has 0 fully saturated rings. The summed E-state index contributed by atoms with van der Waals surface area (Å²) < 4.78 is 54.8. The lowest BCUT2D eigenvalue weighted by atomic mass is 9.99. The van der Waals surface area contributed by atoms with Gasteiger partial charge in [0.1, 0.15) is 11.6 Å². The van der Waals surface area contributed by atoms with Crippen LogP contribution in [0.3, 0.4) is 0 Å². The lowest BCUT2D eigenvalue weighted by Gasteiger charge is -2.10. The van der Waals surface area contributed by atoms with Crippen molar-refractivity contribution in [1.82, 2.24) is 0 Å². The number of alkyl halides is 3. The topological polar surface area (TPSA) is 9.23 Å². The molecule has 0 spiro atoms. The molecule has 0 bridgehead atoms. The molecule has 0 amide bonds. The molecule has 5 heteroatoms. The first-order valence-corrected chi connectivity index (χ1v) is 7.54. The van der Waals surface area contributed by atoms with E-state index < -0.39 is 12.2 Å². The summed E-state index contributed by atoms with van der Waals surface area (Å²) in [5, 5.41) is 0. The van der Waals surface area contributed by atoms with Gasteiger partial charge in [0.15, 0.2) is 0 Å². The molecule has 0 heterocycles. The fourth-order valence-corrected chi connectivity index (χ4v) is 2.51. The lowest BCUT2D eigenvalue weighted by molar-refractivity contribution is -0.274. The van der Waals surface area contributed by atoms with E-state index in [2.05, 4.69) is 4.74 Å². The summed E-state index contributed by atoms with van der Waals surface area (Å²) in [5.74, 6) is -0.782. The van der Waals surface area contributed by atoms with E-state index in [4.69, 9.17) is 0 Å². The zero-order chi connectivity index (χ0) is 18.0. The van der Waals surface area contributed by atoms with Crippen LogP contribution in [-0.4, -0.2) is 6.36 Å². The Bertz CT molecular complexity index is 866. The van der Waals surface area contributed by atoms with Crippen molar-refractivity contribution in [2.24, 2.45) is 0 Å². The van der Waals surface area contributed by atoms with Gasteiger partial charge in [-0.2, -0.15) is 0 Å². The van der Waals surface area contributed by atoms with Gasteiger partial charge in [0.05, 0.1) is 0 Å². The molecule has 0 unspecified atom stereocenters. The molecule has 3 rings (SSSR count). The number of halogens is 4. The van der Waals surface area contributed by atoms with Gasteiger partial charge in [0, 0.05) is 5.56 Å². The maximum absolute atomic E-state index is 14.5. The van der Waals surface area contributed by atoms with Gasteiger partial charge in [-0.3, -0.25) is 0 Å². The molecule has 128 valence electrons. The van der Waals surface area contributed by atoms with Crippen molar-refractivity contribution in [3.63, 3.8) is 0 Å². The number of hydrogen-bond donors (Lipinski definition) is 0. The van der Waals surface area contributed by atoms with Crippen molar-refractivity contribution in [3.8, 4) is 28.0 Å². The Hall–Kier alpha value is -2.82. The van der Waals surface area contributed by atoms with Crippen molar-refractivity contribution in [3.05, 3.63) is 78.1 Å². The number of rotatable bonds is 3. The van der Waals surface area contributed by atoms with Crippen LogP contribution in [0.4, 0.5) is 17.6 Å². The van der Waals surface area contributed by atoms with Gasteiger partial charge in [0.25, 0.3) is 0 Å². The normalized spacial score (nSPS) is 11.4. The molecular formula is C20H14F4O. The van der Waals surface area contributed by atoms with Crippen LogP contribution >= 0.6 is 0 Å². The Kier molecular flexibility index (Phi) is 4.49. The van der Waals surface area contributed by atoms with Crippen molar-refractivity contribution in [1.29, 1.82) is 0 Å². The standard InChI is InChI=1S/C20H14F4O/c1-13-2-4-14(5-3-13)16-8-11-18(19(21)12-16)15-6-9-17(10-7-15)25-20(22,23)24/h2-12H,1H3. The van der Waals surface area contributed by atoms with Crippen molar-refractivity contribution in [2.45, 2.75) is 13.3 Å². The molecule has 0 atom stereocenters. The molecular weight excluding hydrogens is 332 g/mol. The van der Waals surface area contributed by atoms with Crippen LogP contribution in [0.5, 0.6) is 5.75 Å². The molecule has 0 radical (unpaired) electrons. The highest BCUT2D eigenvalue weighted by atomic mass is 19.4. The van der Waals surface area contributed by atoms with E-state index in [1.54, 1.807) is 12.1 Å². The molecule has 0 aliphatic carbocycles. The predicted octanol–water partition coefficient (Wildman–Crippen LogP) is 6.37. The molecule has 0 aromatic heterocycles. The number of aryl methyl sites for hydroxylation is 1. The Morgan fingerprint density at radius 2 is 1.28 bits per heavy atom. The fraction of sp³-hybridized carbons (Fsp3) is 0.100. The van der Waals surface area contributed by atoms with Gasteiger partial charge >= 0.3 is 6.36 Å². The third-order valence-electron chi connectivity index (χ3n) is 3.75. The van der Waals surface area contributed by atoms with Crippen molar-refractivity contribution >= 4 is 0 Å². The van der Waals surface area contributed by atoms with E-state index >= 15 is 0 Å². The first kappa shape index (κ1) is 17.0.